The molecule has 0 saturated carbocycles. The van der Waals surface area contributed by atoms with Crippen molar-refractivity contribution in [3.05, 3.63) is 23.3 Å². The highest BCUT2D eigenvalue weighted by Gasteiger charge is 2.41. The van der Waals surface area contributed by atoms with Crippen molar-refractivity contribution in [3.8, 4) is 0 Å². The lowest BCUT2D eigenvalue weighted by Crippen LogP contribution is -2.34. The minimum atomic E-state index is -0.373. The Balaban J connectivity index is 1.71. The monoisotopic (exact) mass is 274 g/mol. The van der Waals surface area contributed by atoms with Crippen molar-refractivity contribution in [1.82, 2.24) is 10.2 Å². The van der Waals surface area contributed by atoms with Crippen molar-refractivity contribution in [2.24, 2.45) is 0 Å². The van der Waals surface area contributed by atoms with Gasteiger partial charge in [-0.15, -0.1) is 0 Å². The Hall–Kier alpha value is -2.37. The van der Waals surface area contributed by atoms with E-state index in [1.54, 1.807) is 12.1 Å². The van der Waals surface area contributed by atoms with Gasteiger partial charge in [0.1, 0.15) is 11.2 Å². The number of hydrogen-bond donors (Lipinski definition) is 1. The fourth-order valence-electron chi connectivity index (χ4n) is 2.41. The number of imide groups is 1. The molecule has 0 fully saturated rings. The van der Waals surface area contributed by atoms with E-state index in [0.717, 1.165) is 11.3 Å². The largest absolute Gasteiger partial charge is 0.456 e. The molecule has 1 N–H and O–H groups in total. The average molecular weight is 274 g/mol. The van der Waals surface area contributed by atoms with Crippen molar-refractivity contribution >= 4 is 28.9 Å². The molecule has 2 aromatic heterocycles. The van der Waals surface area contributed by atoms with Crippen LogP contribution >= 0.6 is 0 Å². The number of nitrogens with one attached hydrogen (secondary N) is 1. The molecule has 6 nitrogen and oxygen atoms in total. The standard InChI is InChI=1S/C14H14N2O4/c1-2-6-15-10(17)5-7-16-13(18)11-8-3-4-9(20-8)12(11)14(16)19/h3-4H,2,5-7H2,1H3,(H,15,17). The zero-order valence-corrected chi connectivity index (χ0v) is 11.1. The number of carbonyl (C=O) groups is 3. The van der Waals surface area contributed by atoms with Crippen LogP contribution in [0.2, 0.25) is 0 Å². The van der Waals surface area contributed by atoms with Gasteiger partial charge < -0.3 is 9.73 Å². The van der Waals surface area contributed by atoms with Crippen molar-refractivity contribution < 1.29 is 18.8 Å². The zero-order chi connectivity index (χ0) is 14.3. The number of rotatable bonds is 5. The van der Waals surface area contributed by atoms with Gasteiger partial charge in [-0.25, -0.2) is 0 Å². The van der Waals surface area contributed by atoms with Gasteiger partial charge in [0.25, 0.3) is 11.8 Å². The number of carbonyl (C=O) groups excluding carboxylic acids is 3. The molecule has 0 unspecified atom stereocenters. The molecule has 0 radical (unpaired) electrons. The summed E-state index contributed by atoms with van der Waals surface area (Å²) in [5.41, 5.74) is 1.54. The molecule has 2 bridgehead atoms. The minimum Gasteiger partial charge on any atom is -0.456 e. The molecule has 1 aliphatic rings. The highest BCUT2D eigenvalue weighted by atomic mass is 16.3. The first-order chi connectivity index (χ1) is 9.63. The molecule has 1 aliphatic heterocycles. The van der Waals surface area contributed by atoms with Crippen LogP contribution in [0.4, 0.5) is 0 Å². The van der Waals surface area contributed by atoms with Crippen LogP contribution in [-0.2, 0) is 4.79 Å². The Morgan fingerprint density at radius 1 is 1.20 bits per heavy atom. The van der Waals surface area contributed by atoms with E-state index in [9.17, 15) is 14.4 Å². The second kappa shape index (κ2) is 4.63. The van der Waals surface area contributed by atoms with E-state index in [1.165, 1.54) is 0 Å². The van der Waals surface area contributed by atoms with E-state index in [2.05, 4.69) is 5.32 Å². The van der Waals surface area contributed by atoms with Crippen LogP contribution in [0.1, 0.15) is 40.5 Å². The van der Waals surface area contributed by atoms with Gasteiger partial charge in [-0.2, -0.15) is 0 Å². The first-order valence-corrected chi connectivity index (χ1v) is 6.61. The first kappa shape index (κ1) is 12.7. The molecule has 3 heterocycles. The molecule has 0 atom stereocenters. The summed E-state index contributed by atoms with van der Waals surface area (Å²) in [6.45, 7) is 2.66. The smallest absolute Gasteiger partial charge is 0.265 e. The third kappa shape index (κ3) is 1.76. The molecule has 0 spiro atoms. The Labute approximate surface area is 115 Å². The quantitative estimate of drug-likeness (QED) is 0.835. The number of nitrogens with zero attached hydrogens (tertiary/aromatic N) is 1. The minimum absolute atomic E-state index is 0.0980. The van der Waals surface area contributed by atoms with E-state index < -0.39 is 0 Å². The topological polar surface area (TPSA) is 79.6 Å². The normalized spacial score (nSPS) is 14.3. The summed E-state index contributed by atoms with van der Waals surface area (Å²) in [5.74, 6) is -0.901. The summed E-state index contributed by atoms with van der Waals surface area (Å²) < 4.78 is 5.31. The van der Waals surface area contributed by atoms with E-state index in [-0.39, 0.29) is 30.7 Å². The van der Waals surface area contributed by atoms with Crippen LogP contribution < -0.4 is 5.32 Å². The fraction of sp³-hybridized carbons (Fsp3) is 0.357. The summed E-state index contributed by atoms with van der Waals surface area (Å²) in [6, 6.07) is 3.35. The third-order valence-electron chi connectivity index (χ3n) is 3.40. The van der Waals surface area contributed by atoms with Gasteiger partial charge in [-0.3, -0.25) is 19.3 Å². The van der Waals surface area contributed by atoms with Gasteiger partial charge in [-0.1, -0.05) is 6.92 Å². The Kier molecular flexibility index (Phi) is 2.93. The molecule has 20 heavy (non-hydrogen) atoms. The zero-order valence-electron chi connectivity index (χ0n) is 11.1. The van der Waals surface area contributed by atoms with Gasteiger partial charge in [0.15, 0.2) is 0 Å². The molecule has 0 aliphatic carbocycles. The van der Waals surface area contributed by atoms with Crippen LogP contribution in [0.3, 0.4) is 0 Å². The SMILES string of the molecule is CCCNC(=O)CCN1C(=O)c2c(c3ccc2o3)C1=O. The highest BCUT2D eigenvalue weighted by Crippen LogP contribution is 2.35. The van der Waals surface area contributed by atoms with Crippen molar-refractivity contribution in [2.45, 2.75) is 19.8 Å². The lowest BCUT2D eigenvalue weighted by Gasteiger charge is -2.13. The predicted octanol–water partition coefficient (Wildman–Crippen LogP) is 1.38. The van der Waals surface area contributed by atoms with Crippen molar-refractivity contribution in [1.29, 1.82) is 0 Å². The lowest BCUT2D eigenvalue weighted by molar-refractivity contribution is -0.121. The van der Waals surface area contributed by atoms with Crippen LogP contribution in [-0.4, -0.2) is 35.7 Å². The van der Waals surface area contributed by atoms with E-state index in [0.29, 0.717) is 28.8 Å². The first-order valence-electron chi connectivity index (χ1n) is 6.61. The summed E-state index contributed by atoms with van der Waals surface area (Å²) in [5, 5.41) is 2.72. The maximum atomic E-state index is 12.2. The van der Waals surface area contributed by atoms with Crippen molar-refractivity contribution in [2.75, 3.05) is 13.1 Å². The number of amides is 3. The second-order valence-electron chi connectivity index (χ2n) is 4.78. The van der Waals surface area contributed by atoms with E-state index in [1.807, 2.05) is 6.92 Å². The average Bonchev–Trinajstić information content (AvgIpc) is 3.10. The summed E-state index contributed by atoms with van der Waals surface area (Å²) >= 11 is 0. The van der Waals surface area contributed by atoms with Gasteiger partial charge in [0.2, 0.25) is 5.91 Å². The second-order valence-corrected chi connectivity index (χ2v) is 4.78. The Morgan fingerprint density at radius 2 is 1.80 bits per heavy atom. The number of hydrogen-bond acceptors (Lipinski definition) is 4. The van der Waals surface area contributed by atoms with Crippen LogP contribution in [0, 0.1) is 0 Å². The summed E-state index contributed by atoms with van der Waals surface area (Å²) in [6.07, 6.45) is 0.972. The molecule has 104 valence electrons. The molecule has 6 heteroatoms. The summed E-state index contributed by atoms with van der Waals surface area (Å²) in [7, 11) is 0. The fourth-order valence-corrected chi connectivity index (χ4v) is 2.41. The maximum Gasteiger partial charge on any atom is 0.265 e. The molecule has 0 aromatic carbocycles. The van der Waals surface area contributed by atoms with E-state index >= 15 is 0 Å². The van der Waals surface area contributed by atoms with Gasteiger partial charge in [0, 0.05) is 19.5 Å². The van der Waals surface area contributed by atoms with Crippen molar-refractivity contribution in [3.63, 3.8) is 0 Å². The van der Waals surface area contributed by atoms with Gasteiger partial charge in [0.05, 0.1) is 11.1 Å². The maximum absolute atomic E-state index is 12.2. The molecule has 3 rings (SSSR count). The molecule has 2 aromatic rings. The Morgan fingerprint density at radius 3 is 2.35 bits per heavy atom. The van der Waals surface area contributed by atoms with Gasteiger partial charge in [-0.05, 0) is 18.6 Å². The van der Waals surface area contributed by atoms with Crippen LogP contribution in [0.5, 0.6) is 0 Å². The van der Waals surface area contributed by atoms with E-state index in [4.69, 9.17) is 4.42 Å². The number of furan rings is 2. The van der Waals surface area contributed by atoms with Gasteiger partial charge >= 0.3 is 0 Å². The highest BCUT2D eigenvalue weighted by molar-refractivity contribution is 6.27. The number of fused-ring (bicyclic) bond motifs is 5. The molecular weight excluding hydrogens is 260 g/mol. The Bertz CT molecular complexity index is 643. The number of benzene rings is 1. The molecule has 3 amide bonds. The predicted molar refractivity (Wildman–Crippen MR) is 70.7 cm³/mol. The third-order valence-corrected chi connectivity index (χ3v) is 3.40. The molecule has 0 saturated heterocycles. The van der Waals surface area contributed by atoms with Crippen LogP contribution in [0.25, 0.3) is 11.2 Å². The molecular formula is C14H14N2O4. The van der Waals surface area contributed by atoms with Crippen LogP contribution in [0.15, 0.2) is 16.5 Å². The summed E-state index contributed by atoms with van der Waals surface area (Å²) in [4.78, 5) is 37.0. The lowest BCUT2D eigenvalue weighted by atomic mass is 10.1.